The quantitative estimate of drug-likeness (QED) is 0.943. The molecule has 0 saturated carbocycles. The molecule has 0 saturated heterocycles. The zero-order valence-electron chi connectivity index (χ0n) is 10.1. The number of rotatable bonds is 3. The van der Waals surface area contributed by atoms with Gasteiger partial charge in [0, 0.05) is 0 Å². The van der Waals surface area contributed by atoms with Gasteiger partial charge in [-0.25, -0.2) is 8.42 Å². The van der Waals surface area contributed by atoms with Gasteiger partial charge in [-0.2, -0.15) is 5.10 Å². The van der Waals surface area contributed by atoms with Crippen LogP contribution in [0.25, 0.3) is 0 Å². The van der Waals surface area contributed by atoms with Crippen LogP contribution in [-0.2, 0) is 16.3 Å². The van der Waals surface area contributed by atoms with Crippen LogP contribution in [0, 0.1) is 6.92 Å². The number of nitrogens with zero attached hydrogens (tertiary/aromatic N) is 1. The highest BCUT2D eigenvalue weighted by Gasteiger charge is 2.26. The number of aromatic amines is 1. The van der Waals surface area contributed by atoms with Gasteiger partial charge in [0.05, 0.1) is 16.1 Å². The van der Waals surface area contributed by atoms with E-state index in [-0.39, 0.29) is 10.0 Å². The number of nitrogens with one attached hydrogen (secondary N) is 1. The average Bonchev–Trinajstić information content (AvgIpc) is 2.75. The third-order valence-electron chi connectivity index (χ3n) is 2.77. The summed E-state index contributed by atoms with van der Waals surface area (Å²) in [7, 11) is -3.65. The highest BCUT2D eigenvalue weighted by molar-refractivity contribution is 7.91. The summed E-state index contributed by atoms with van der Waals surface area (Å²) < 4.78 is 25.1. The largest absolute Gasteiger partial charge is 0.266 e. The van der Waals surface area contributed by atoms with Crippen LogP contribution in [0.3, 0.4) is 0 Å². The summed E-state index contributed by atoms with van der Waals surface area (Å²) in [6.07, 6.45) is 1.93. The van der Waals surface area contributed by atoms with Crippen LogP contribution < -0.4 is 0 Å². The molecule has 1 aromatic heterocycles. The minimum Gasteiger partial charge on any atom is -0.266 e. The van der Waals surface area contributed by atoms with Crippen LogP contribution in [0.5, 0.6) is 0 Å². The summed E-state index contributed by atoms with van der Waals surface area (Å²) in [6, 6.07) is 5.43. The maximum absolute atomic E-state index is 12.6. The monoisotopic (exact) mass is 284 g/mol. The Hall–Kier alpha value is -1.33. The minimum atomic E-state index is -3.65. The van der Waals surface area contributed by atoms with Crippen LogP contribution >= 0.6 is 11.6 Å². The fraction of sp³-hybridized carbons (Fsp3) is 0.250. The molecule has 0 atom stereocenters. The molecule has 1 aromatic carbocycles. The van der Waals surface area contributed by atoms with Crippen LogP contribution in [0.1, 0.15) is 18.1 Å². The molecule has 18 heavy (non-hydrogen) atoms. The predicted molar refractivity (Wildman–Crippen MR) is 69.6 cm³/mol. The Balaban J connectivity index is 2.73. The first-order valence-electron chi connectivity index (χ1n) is 5.51. The standard InChI is InChI=1S/C12H13ClN2O2S/c1-3-9-6-4-5-8(2)11(9)18(16,17)12-10(13)7-14-15-12/h4-7H,3H2,1-2H3,(H,14,15). The highest BCUT2D eigenvalue weighted by Crippen LogP contribution is 2.30. The SMILES string of the molecule is CCc1cccc(C)c1S(=O)(=O)c1[nH]ncc1Cl. The molecule has 0 fully saturated rings. The van der Waals surface area contributed by atoms with E-state index in [1.165, 1.54) is 6.20 Å². The van der Waals surface area contributed by atoms with E-state index < -0.39 is 9.84 Å². The molecule has 1 N–H and O–H groups in total. The van der Waals surface area contributed by atoms with Crippen LogP contribution in [0.15, 0.2) is 34.3 Å². The number of sulfone groups is 1. The Bertz CT molecular complexity index is 677. The van der Waals surface area contributed by atoms with Crippen molar-refractivity contribution in [3.05, 3.63) is 40.5 Å². The van der Waals surface area contributed by atoms with Crippen molar-refractivity contribution in [2.24, 2.45) is 0 Å². The number of aromatic nitrogens is 2. The summed E-state index contributed by atoms with van der Waals surface area (Å²) in [6.45, 7) is 3.69. The Morgan fingerprint density at radius 3 is 2.67 bits per heavy atom. The first-order valence-corrected chi connectivity index (χ1v) is 7.37. The molecule has 0 aliphatic rings. The molecular formula is C12H13ClN2O2S. The Labute approximate surface area is 111 Å². The van der Waals surface area contributed by atoms with Crippen molar-refractivity contribution >= 4 is 21.4 Å². The van der Waals surface area contributed by atoms with Gasteiger partial charge in [-0.1, -0.05) is 36.7 Å². The van der Waals surface area contributed by atoms with Gasteiger partial charge < -0.3 is 0 Å². The summed E-state index contributed by atoms with van der Waals surface area (Å²) >= 11 is 5.85. The lowest BCUT2D eigenvalue weighted by atomic mass is 10.1. The van der Waals surface area contributed by atoms with E-state index >= 15 is 0 Å². The molecule has 4 nitrogen and oxygen atoms in total. The van der Waals surface area contributed by atoms with Crippen LogP contribution in [0.4, 0.5) is 0 Å². The Morgan fingerprint density at radius 2 is 2.11 bits per heavy atom. The number of H-pyrrole nitrogens is 1. The maximum Gasteiger partial charge on any atom is 0.225 e. The topological polar surface area (TPSA) is 62.8 Å². The van der Waals surface area contributed by atoms with Gasteiger partial charge in [0.15, 0.2) is 5.03 Å². The lowest BCUT2D eigenvalue weighted by Gasteiger charge is -2.11. The van der Waals surface area contributed by atoms with Gasteiger partial charge in [0.2, 0.25) is 9.84 Å². The third kappa shape index (κ3) is 2.04. The summed E-state index contributed by atoms with van der Waals surface area (Å²) in [4.78, 5) is 0.318. The van der Waals surface area contributed by atoms with Gasteiger partial charge in [0.1, 0.15) is 0 Å². The summed E-state index contributed by atoms with van der Waals surface area (Å²) in [5.74, 6) is 0. The molecule has 0 aliphatic carbocycles. The molecule has 0 amide bonds. The van der Waals surface area contributed by atoms with E-state index in [4.69, 9.17) is 11.6 Å². The molecule has 0 bridgehead atoms. The van der Waals surface area contributed by atoms with Crippen molar-refractivity contribution < 1.29 is 8.42 Å². The lowest BCUT2D eigenvalue weighted by Crippen LogP contribution is -2.08. The van der Waals surface area contributed by atoms with Crippen molar-refractivity contribution in [2.75, 3.05) is 0 Å². The normalized spacial score (nSPS) is 11.7. The zero-order valence-corrected chi connectivity index (χ0v) is 11.6. The van der Waals surface area contributed by atoms with Gasteiger partial charge in [0.25, 0.3) is 0 Å². The van der Waals surface area contributed by atoms with E-state index in [0.717, 1.165) is 5.56 Å². The van der Waals surface area contributed by atoms with E-state index in [2.05, 4.69) is 10.2 Å². The highest BCUT2D eigenvalue weighted by atomic mass is 35.5. The molecule has 6 heteroatoms. The average molecular weight is 285 g/mol. The van der Waals surface area contributed by atoms with Crippen LogP contribution in [-0.4, -0.2) is 18.6 Å². The van der Waals surface area contributed by atoms with E-state index in [0.29, 0.717) is 16.9 Å². The molecule has 2 rings (SSSR count). The van der Waals surface area contributed by atoms with Gasteiger partial charge >= 0.3 is 0 Å². The molecule has 2 aromatic rings. The van der Waals surface area contributed by atoms with Crippen molar-refractivity contribution in [2.45, 2.75) is 30.2 Å². The molecule has 0 aliphatic heterocycles. The van der Waals surface area contributed by atoms with Gasteiger partial charge in [-0.05, 0) is 24.5 Å². The second-order valence-electron chi connectivity index (χ2n) is 3.97. The van der Waals surface area contributed by atoms with E-state index in [9.17, 15) is 8.42 Å². The van der Waals surface area contributed by atoms with Gasteiger partial charge in [-0.3, -0.25) is 5.10 Å². The predicted octanol–water partition coefficient (Wildman–Crippen LogP) is 2.77. The molecular weight excluding hydrogens is 272 g/mol. The number of hydrogen-bond donors (Lipinski definition) is 1. The van der Waals surface area contributed by atoms with Crippen molar-refractivity contribution in [3.8, 4) is 0 Å². The maximum atomic E-state index is 12.6. The molecule has 1 heterocycles. The van der Waals surface area contributed by atoms with Crippen molar-refractivity contribution in [1.29, 1.82) is 0 Å². The Kier molecular flexibility index (Phi) is 3.45. The number of halogens is 1. The smallest absolute Gasteiger partial charge is 0.225 e. The lowest BCUT2D eigenvalue weighted by molar-refractivity contribution is 0.590. The van der Waals surface area contributed by atoms with Gasteiger partial charge in [-0.15, -0.1) is 0 Å². The second kappa shape index (κ2) is 4.74. The number of benzene rings is 1. The molecule has 96 valence electrons. The fourth-order valence-corrected chi connectivity index (χ4v) is 4.06. The summed E-state index contributed by atoms with van der Waals surface area (Å²) in [5, 5.41) is 6.18. The van der Waals surface area contributed by atoms with Crippen molar-refractivity contribution in [1.82, 2.24) is 10.2 Å². The Morgan fingerprint density at radius 1 is 1.39 bits per heavy atom. The second-order valence-corrected chi connectivity index (χ2v) is 6.20. The minimum absolute atomic E-state index is 0.0480. The third-order valence-corrected chi connectivity index (χ3v) is 5.14. The first-order chi connectivity index (χ1) is 8.48. The molecule has 0 unspecified atom stereocenters. The van der Waals surface area contributed by atoms with Crippen molar-refractivity contribution in [3.63, 3.8) is 0 Å². The molecule has 0 spiro atoms. The van der Waals surface area contributed by atoms with Crippen LogP contribution in [0.2, 0.25) is 5.02 Å². The zero-order chi connectivity index (χ0) is 13.3. The molecule has 0 radical (unpaired) electrons. The number of aryl methyl sites for hydroxylation is 2. The first kappa shape index (κ1) is 13.1. The van der Waals surface area contributed by atoms with E-state index in [1.54, 1.807) is 13.0 Å². The fourth-order valence-electron chi connectivity index (χ4n) is 1.93. The summed E-state index contributed by atoms with van der Waals surface area (Å²) in [5.41, 5.74) is 1.49. The number of hydrogen-bond acceptors (Lipinski definition) is 3. The van der Waals surface area contributed by atoms with E-state index in [1.807, 2.05) is 19.1 Å².